The molecule has 23 heavy (non-hydrogen) atoms. The number of carbonyl (C=O) groups excluding carboxylic acids is 1. The van der Waals surface area contributed by atoms with Crippen LogP contribution >= 0.6 is 0 Å². The molecule has 0 aliphatic heterocycles. The summed E-state index contributed by atoms with van der Waals surface area (Å²) in [6.07, 6.45) is 1.11. The molecule has 0 heterocycles. The number of hydrogen-bond acceptors (Lipinski definition) is 4. The highest BCUT2D eigenvalue weighted by Gasteiger charge is 2.08. The van der Waals surface area contributed by atoms with Crippen LogP contribution in [0, 0.1) is 12.7 Å². The lowest BCUT2D eigenvalue weighted by atomic mass is 10.2. The molecule has 0 fully saturated rings. The molecule has 1 amide bonds. The molecule has 7 heteroatoms. The van der Waals surface area contributed by atoms with Crippen molar-refractivity contribution in [3.8, 4) is 5.75 Å². The number of carbonyl (C=O) groups is 1. The molecule has 5 nitrogen and oxygen atoms in total. The van der Waals surface area contributed by atoms with Gasteiger partial charge >= 0.3 is 0 Å². The number of amides is 1. The molecule has 1 N–H and O–H groups in total. The van der Waals surface area contributed by atoms with E-state index < -0.39 is 21.6 Å². The maximum atomic E-state index is 13.4. The molecule has 0 saturated heterocycles. The Balaban J connectivity index is 1.92. The molecule has 0 spiro atoms. The van der Waals surface area contributed by atoms with E-state index in [0.717, 1.165) is 6.26 Å². The minimum atomic E-state index is -3.27. The topological polar surface area (TPSA) is 72.5 Å². The summed E-state index contributed by atoms with van der Waals surface area (Å²) >= 11 is 0. The van der Waals surface area contributed by atoms with Gasteiger partial charge in [0.15, 0.2) is 16.4 Å². The molecular formula is C16H16FNO4S. The first-order valence-electron chi connectivity index (χ1n) is 6.74. The summed E-state index contributed by atoms with van der Waals surface area (Å²) in [6.45, 7) is 1.36. The second-order valence-corrected chi connectivity index (χ2v) is 7.06. The zero-order valence-electron chi connectivity index (χ0n) is 12.7. The molecule has 0 saturated carbocycles. The molecule has 2 rings (SSSR count). The molecular weight excluding hydrogens is 321 g/mol. The van der Waals surface area contributed by atoms with Crippen LogP contribution in [0.4, 0.5) is 10.1 Å². The fourth-order valence-corrected chi connectivity index (χ4v) is 2.43. The smallest absolute Gasteiger partial charge is 0.262 e. The van der Waals surface area contributed by atoms with Crippen molar-refractivity contribution in [2.45, 2.75) is 11.8 Å². The molecule has 0 unspecified atom stereocenters. The summed E-state index contributed by atoms with van der Waals surface area (Å²) in [6, 6.07) is 10.1. The van der Waals surface area contributed by atoms with Gasteiger partial charge in [-0.25, -0.2) is 12.8 Å². The Labute approximate surface area is 134 Å². The third-order valence-corrected chi connectivity index (χ3v) is 4.21. The van der Waals surface area contributed by atoms with E-state index in [4.69, 9.17) is 4.74 Å². The molecule has 2 aromatic rings. The molecule has 122 valence electrons. The number of benzene rings is 2. The first kappa shape index (κ1) is 17.0. The second kappa shape index (κ2) is 6.78. The molecule has 0 aliphatic carbocycles. The third-order valence-electron chi connectivity index (χ3n) is 3.08. The van der Waals surface area contributed by atoms with Crippen molar-refractivity contribution in [2.75, 3.05) is 18.2 Å². The van der Waals surface area contributed by atoms with E-state index in [1.807, 2.05) is 0 Å². The fraction of sp³-hybridized carbons (Fsp3) is 0.188. The minimum absolute atomic E-state index is 0.171. The van der Waals surface area contributed by atoms with Crippen molar-refractivity contribution in [3.63, 3.8) is 0 Å². The Morgan fingerprint density at radius 3 is 2.39 bits per heavy atom. The maximum Gasteiger partial charge on any atom is 0.262 e. The molecule has 2 aromatic carbocycles. The summed E-state index contributed by atoms with van der Waals surface area (Å²) in [5.41, 5.74) is 0.833. The van der Waals surface area contributed by atoms with Crippen LogP contribution in [0.1, 0.15) is 5.56 Å². The van der Waals surface area contributed by atoms with E-state index in [9.17, 15) is 17.6 Å². The Morgan fingerprint density at radius 2 is 1.83 bits per heavy atom. The van der Waals surface area contributed by atoms with E-state index in [2.05, 4.69) is 5.32 Å². The second-order valence-electron chi connectivity index (χ2n) is 5.04. The van der Waals surface area contributed by atoms with E-state index >= 15 is 0 Å². The quantitative estimate of drug-likeness (QED) is 0.910. The van der Waals surface area contributed by atoms with Crippen LogP contribution in [-0.4, -0.2) is 27.2 Å². The van der Waals surface area contributed by atoms with Crippen LogP contribution in [0.15, 0.2) is 47.4 Å². The molecule has 0 radical (unpaired) electrons. The molecule has 0 bridgehead atoms. The average Bonchev–Trinajstić information content (AvgIpc) is 2.48. The van der Waals surface area contributed by atoms with Gasteiger partial charge in [0.1, 0.15) is 11.6 Å². The van der Waals surface area contributed by atoms with Crippen LogP contribution in [-0.2, 0) is 14.6 Å². The third kappa shape index (κ3) is 4.79. The van der Waals surface area contributed by atoms with Crippen molar-refractivity contribution in [3.05, 3.63) is 53.8 Å². The first-order valence-corrected chi connectivity index (χ1v) is 8.64. The van der Waals surface area contributed by atoms with Gasteiger partial charge in [0, 0.05) is 11.9 Å². The fourth-order valence-electron chi connectivity index (χ4n) is 1.80. The lowest BCUT2D eigenvalue weighted by Gasteiger charge is -2.08. The summed E-state index contributed by atoms with van der Waals surface area (Å²) in [5, 5.41) is 2.52. The first-order chi connectivity index (χ1) is 10.8. The van der Waals surface area contributed by atoms with Gasteiger partial charge in [-0.2, -0.15) is 0 Å². The summed E-state index contributed by atoms with van der Waals surface area (Å²) in [5.74, 6) is -0.483. The zero-order chi connectivity index (χ0) is 17.0. The molecule has 0 atom stereocenters. The predicted octanol–water partition coefficient (Wildman–Crippen LogP) is 2.56. The number of ether oxygens (including phenoxy) is 1. The minimum Gasteiger partial charge on any atom is -0.484 e. The average molecular weight is 337 g/mol. The maximum absolute atomic E-state index is 13.4. The number of sulfone groups is 1. The van der Waals surface area contributed by atoms with Gasteiger partial charge in [0.2, 0.25) is 0 Å². The van der Waals surface area contributed by atoms with Gasteiger partial charge < -0.3 is 10.1 Å². The number of aryl methyl sites for hydroxylation is 1. The van der Waals surface area contributed by atoms with Crippen LogP contribution in [0.3, 0.4) is 0 Å². The Bertz CT molecular complexity index is 816. The van der Waals surface area contributed by atoms with Gasteiger partial charge in [-0.3, -0.25) is 4.79 Å². The lowest BCUT2D eigenvalue weighted by molar-refractivity contribution is -0.118. The van der Waals surface area contributed by atoms with Gasteiger partial charge in [-0.1, -0.05) is 6.07 Å². The van der Waals surface area contributed by atoms with E-state index in [-0.39, 0.29) is 11.5 Å². The highest BCUT2D eigenvalue weighted by atomic mass is 32.2. The van der Waals surface area contributed by atoms with Gasteiger partial charge in [-0.05, 0) is 48.9 Å². The highest BCUT2D eigenvalue weighted by molar-refractivity contribution is 7.90. The highest BCUT2D eigenvalue weighted by Crippen LogP contribution is 2.16. The van der Waals surface area contributed by atoms with Crippen molar-refractivity contribution >= 4 is 21.4 Å². The normalized spacial score (nSPS) is 11.1. The number of nitrogens with one attached hydrogen (secondary N) is 1. The van der Waals surface area contributed by atoms with Crippen molar-refractivity contribution in [1.82, 2.24) is 0 Å². The van der Waals surface area contributed by atoms with Crippen LogP contribution in [0.25, 0.3) is 0 Å². The predicted molar refractivity (Wildman–Crippen MR) is 84.8 cm³/mol. The number of anilines is 1. The Hall–Kier alpha value is -2.41. The van der Waals surface area contributed by atoms with Crippen LogP contribution in [0.2, 0.25) is 0 Å². The van der Waals surface area contributed by atoms with Gasteiger partial charge in [0.25, 0.3) is 5.91 Å². The number of hydrogen-bond donors (Lipinski definition) is 1. The van der Waals surface area contributed by atoms with Crippen LogP contribution in [0.5, 0.6) is 5.75 Å². The Kier molecular flexibility index (Phi) is 5.00. The Morgan fingerprint density at radius 1 is 1.17 bits per heavy atom. The zero-order valence-corrected chi connectivity index (χ0v) is 13.5. The van der Waals surface area contributed by atoms with Gasteiger partial charge in [-0.15, -0.1) is 0 Å². The standard InChI is InChI=1S/C16H16FNO4S/c1-11-3-4-12(9-15(11)17)18-16(19)10-22-13-5-7-14(8-6-13)23(2,20)21/h3-9H,10H2,1-2H3,(H,18,19). The monoisotopic (exact) mass is 337 g/mol. The van der Waals surface area contributed by atoms with Crippen molar-refractivity contribution < 1.29 is 22.3 Å². The van der Waals surface area contributed by atoms with Crippen molar-refractivity contribution in [1.29, 1.82) is 0 Å². The lowest BCUT2D eigenvalue weighted by Crippen LogP contribution is -2.20. The summed E-state index contributed by atoms with van der Waals surface area (Å²) < 4.78 is 41.3. The van der Waals surface area contributed by atoms with Crippen LogP contribution < -0.4 is 10.1 Å². The number of halogens is 1. The summed E-state index contributed by atoms with van der Waals surface area (Å²) in [7, 11) is -3.27. The van der Waals surface area contributed by atoms with Gasteiger partial charge in [0.05, 0.1) is 4.90 Å². The number of rotatable bonds is 5. The van der Waals surface area contributed by atoms with E-state index in [0.29, 0.717) is 17.0 Å². The molecule has 0 aliphatic rings. The van der Waals surface area contributed by atoms with Crippen molar-refractivity contribution in [2.24, 2.45) is 0 Å². The van der Waals surface area contributed by atoms with E-state index in [1.54, 1.807) is 19.1 Å². The molecule has 0 aromatic heterocycles. The summed E-state index contributed by atoms with van der Waals surface area (Å²) in [4.78, 5) is 11.9. The largest absolute Gasteiger partial charge is 0.484 e. The SMILES string of the molecule is Cc1ccc(NC(=O)COc2ccc(S(C)(=O)=O)cc2)cc1F. The van der Waals surface area contributed by atoms with E-state index in [1.165, 1.54) is 30.3 Å².